The van der Waals surface area contributed by atoms with Gasteiger partial charge in [0.25, 0.3) is 0 Å². The minimum absolute atomic E-state index is 0.109. The molecule has 2 rings (SSSR count). The van der Waals surface area contributed by atoms with Gasteiger partial charge < -0.3 is 10.1 Å². The minimum atomic E-state index is -0.328. The summed E-state index contributed by atoms with van der Waals surface area (Å²) in [6, 6.07) is 0. The predicted molar refractivity (Wildman–Crippen MR) is 71.7 cm³/mol. The normalized spacial score (nSPS) is 20.1. The van der Waals surface area contributed by atoms with Gasteiger partial charge in [-0.25, -0.2) is 0 Å². The molecule has 1 unspecified atom stereocenters. The van der Waals surface area contributed by atoms with Crippen molar-refractivity contribution in [2.45, 2.75) is 32.9 Å². The summed E-state index contributed by atoms with van der Waals surface area (Å²) in [6.07, 6.45) is 0.0351. The summed E-state index contributed by atoms with van der Waals surface area (Å²) in [7, 11) is 0. The standard InChI is InChI=1S/C12H18BrN3O2/c1-3-16-9(12(13)8(2)15-16)6-10(17)11-7-14-4-5-18-11/h11,14H,3-7H2,1-2H3. The van der Waals surface area contributed by atoms with E-state index in [-0.39, 0.29) is 11.9 Å². The number of aromatic nitrogens is 2. The van der Waals surface area contributed by atoms with E-state index in [1.807, 2.05) is 18.5 Å². The van der Waals surface area contributed by atoms with E-state index in [1.54, 1.807) is 0 Å². The molecular formula is C12H18BrN3O2. The molecule has 2 heterocycles. The molecule has 1 fully saturated rings. The van der Waals surface area contributed by atoms with Crippen molar-refractivity contribution < 1.29 is 9.53 Å². The molecule has 6 heteroatoms. The summed E-state index contributed by atoms with van der Waals surface area (Å²) in [5.41, 5.74) is 1.86. The number of nitrogens with one attached hydrogen (secondary N) is 1. The Morgan fingerprint density at radius 2 is 2.44 bits per heavy atom. The molecule has 0 amide bonds. The van der Waals surface area contributed by atoms with Crippen LogP contribution >= 0.6 is 15.9 Å². The minimum Gasteiger partial charge on any atom is -0.368 e. The summed E-state index contributed by atoms with van der Waals surface area (Å²) < 4.78 is 8.28. The Balaban J connectivity index is 2.10. The maximum Gasteiger partial charge on any atom is 0.168 e. The van der Waals surface area contributed by atoms with Crippen LogP contribution in [0.1, 0.15) is 18.3 Å². The zero-order valence-electron chi connectivity index (χ0n) is 10.7. The third-order valence-corrected chi connectivity index (χ3v) is 4.11. The lowest BCUT2D eigenvalue weighted by Crippen LogP contribution is -2.43. The first-order chi connectivity index (χ1) is 8.63. The third-order valence-electron chi connectivity index (χ3n) is 3.08. The van der Waals surface area contributed by atoms with E-state index in [0.29, 0.717) is 19.6 Å². The largest absolute Gasteiger partial charge is 0.368 e. The third kappa shape index (κ3) is 2.81. The molecule has 0 radical (unpaired) electrons. The zero-order valence-corrected chi connectivity index (χ0v) is 12.3. The number of ether oxygens (including phenoxy) is 1. The summed E-state index contributed by atoms with van der Waals surface area (Å²) in [5.74, 6) is 0.109. The van der Waals surface area contributed by atoms with Crippen molar-refractivity contribution in [3.05, 3.63) is 15.9 Å². The van der Waals surface area contributed by atoms with Crippen molar-refractivity contribution in [1.29, 1.82) is 0 Å². The van der Waals surface area contributed by atoms with Gasteiger partial charge >= 0.3 is 0 Å². The van der Waals surface area contributed by atoms with Crippen LogP contribution in [0, 0.1) is 6.92 Å². The number of Topliss-reactive ketones (excluding diaryl/α,β-unsaturated/α-hetero) is 1. The number of rotatable bonds is 4. The number of hydrogen-bond acceptors (Lipinski definition) is 4. The van der Waals surface area contributed by atoms with Crippen molar-refractivity contribution in [2.24, 2.45) is 0 Å². The van der Waals surface area contributed by atoms with Crippen LogP contribution in [0.4, 0.5) is 0 Å². The molecule has 0 bridgehead atoms. The topological polar surface area (TPSA) is 56.2 Å². The van der Waals surface area contributed by atoms with Gasteiger partial charge in [-0.15, -0.1) is 0 Å². The fourth-order valence-electron chi connectivity index (χ4n) is 2.09. The van der Waals surface area contributed by atoms with Gasteiger partial charge in [-0.05, 0) is 29.8 Å². The summed E-state index contributed by atoms with van der Waals surface area (Å²) in [5, 5.41) is 7.56. The maximum absolute atomic E-state index is 12.2. The van der Waals surface area contributed by atoms with Gasteiger partial charge in [-0.3, -0.25) is 9.48 Å². The van der Waals surface area contributed by atoms with E-state index in [1.165, 1.54) is 0 Å². The predicted octanol–water partition coefficient (Wildman–Crippen LogP) is 1.07. The Labute approximate surface area is 115 Å². The zero-order chi connectivity index (χ0) is 13.1. The summed E-state index contributed by atoms with van der Waals surface area (Å²) in [6.45, 7) is 6.74. The van der Waals surface area contributed by atoms with Crippen LogP contribution in [0.5, 0.6) is 0 Å². The molecule has 1 N–H and O–H groups in total. The highest BCUT2D eigenvalue weighted by Gasteiger charge is 2.24. The second kappa shape index (κ2) is 5.95. The Bertz CT molecular complexity index is 439. The van der Waals surface area contributed by atoms with Crippen molar-refractivity contribution in [1.82, 2.24) is 15.1 Å². The lowest BCUT2D eigenvalue weighted by molar-refractivity contribution is -0.131. The molecule has 0 saturated carbocycles. The SMILES string of the molecule is CCn1nc(C)c(Br)c1CC(=O)C1CNCCO1. The second-order valence-electron chi connectivity index (χ2n) is 4.37. The van der Waals surface area contributed by atoms with Crippen LogP contribution in [0.2, 0.25) is 0 Å². The highest BCUT2D eigenvalue weighted by molar-refractivity contribution is 9.10. The van der Waals surface area contributed by atoms with E-state index in [0.717, 1.165) is 29.0 Å². The van der Waals surface area contributed by atoms with Crippen LogP contribution in [-0.2, 0) is 22.5 Å². The molecule has 1 aliphatic heterocycles. The Kier molecular flexibility index (Phi) is 4.53. The molecule has 1 aromatic rings. The number of hydrogen-bond donors (Lipinski definition) is 1. The van der Waals surface area contributed by atoms with Gasteiger partial charge in [0.15, 0.2) is 5.78 Å². The summed E-state index contributed by atoms with van der Waals surface area (Å²) in [4.78, 5) is 12.2. The number of nitrogens with zero attached hydrogens (tertiary/aromatic N) is 2. The molecule has 1 aliphatic rings. The van der Waals surface area contributed by atoms with Crippen LogP contribution < -0.4 is 5.32 Å². The van der Waals surface area contributed by atoms with Gasteiger partial charge in [0.2, 0.25) is 0 Å². The molecule has 18 heavy (non-hydrogen) atoms. The first-order valence-electron chi connectivity index (χ1n) is 6.20. The van der Waals surface area contributed by atoms with Gasteiger partial charge in [0.05, 0.1) is 28.9 Å². The highest BCUT2D eigenvalue weighted by Crippen LogP contribution is 2.22. The van der Waals surface area contributed by atoms with Crippen LogP contribution in [0.3, 0.4) is 0 Å². The van der Waals surface area contributed by atoms with Crippen molar-refractivity contribution in [3.63, 3.8) is 0 Å². The number of morpholine rings is 1. The fraction of sp³-hybridized carbons (Fsp3) is 0.667. The van der Waals surface area contributed by atoms with Gasteiger partial charge in [-0.1, -0.05) is 0 Å². The molecule has 1 aromatic heterocycles. The van der Waals surface area contributed by atoms with E-state index < -0.39 is 0 Å². The van der Waals surface area contributed by atoms with E-state index in [9.17, 15) is 4.79 Å². The Morgan fingerprint density at radius 1 is 1.67 bits per heavy atom. The number of halogens is 1. The van der Waals surface area contributed by atoms with Crippen LogP contribution in [0.25, 0.3) is 0 Å². The molecule has 0 aliphatic carbocycles. The van der Waals surface area contributed by atoms with Gasteiger partial charge in [0.1, 0.15) is 6.10 Å². The molecule has 0 aromatic carbocycles. The first-order valence-corrected chi connectivity index (χ1v) is 6.99. The van der Waals surface area contributed by atoms with Crippen molar-refractivity contribution >= 4 is 21.7 Å². The molecule has 1 saturated heterocycles. The average molecular weight is 316 g/mol. The second-order valence-corrected chi connectivity index (χ2v) is 5.16. The van der Waals surface area contributed by atoms with Crippen molar-refractivity contribution in [3.8, 4) is 0 Å². The smallest absolute Gasteiger partial charge is 0.168 e. The monoisotopic (exact) mass is 315 g/mol. The molecule has 100 valence electrons. The molecule has 5 nitrogen and oxygen atoms in total. The Hall–Kier alpha value is -0.720. The fourth-order valence-corrected chi connectivity index (χ4v) is 2.51. The first kappa shape index (κ1) is 13.7. The quantitative estimate of drug-likeness (QED) is 0.903. The van der Waals surface area contributed by atoms with Crippen LogP contribution in [0.15, 0.2) is 4.47 Å². The molecule has 0 spiro atoms. The van der Waals surface area contributed by atoms with E-state index in [2.05, 4.69) is 26.3 Å². The average Bonchev–Trinajstić information content (AvgIpc) is 2.67. The maximum atomic E-state index is 12.2. The lowest BCUT2D eigenvalue weighted by atomic mass is 10.1. The number of carbonyl (C=O) groups excluding carboxylic acids is 1. The molecular weight excluding hydrogens is 298 g/mol. The van der Waals surface area contributed by atoms with Gasteiger partial charge in [-0.2, -0.15) is 5.10 Å². The van der Waals surface area contributed by atoms with E-state index in [4.69, 9.17) is 4.74 Å². The Morgan fingerprint density at radius 3 is 3.06 bits per heavy atom. The van der Waals surface area contributed by atoms with E-state index >= 15 is 0 Å². The number of ketones is 1. The highest BCUT2D eigenvalue weighted by atomic mass is 79.9. The van der Waals surface area contributed by atoms with Gasteiger partial charge in [0, 0.05) is 19.6 Å². The lowest BCUT2D eigenvalue weighted by Gasteiger charge is -2.22. The number of carbonyl (C=O) groups is 1. The van der Waals surface area contributed by atoms with Crippen LogP contribution in [-0.4, -0.2) is 41.4 Å². The number of aryl methyl sites for hydroxylation is 2. The molecule has 1 atom stereocenters. The summed E-state index contributed by atoms with van der Waals surface area (Å²) >= 11 is 3.50. The van der Waals surface area contributed by atoms with Crippen molar-refractivity contribution in [2.75, 3.05) is 19.7 Å².